The summed E-state index contributed by atoms with van der Waals surface area (Å²) < 4.78 is 5.61. The van der Waals surface area contributed by atoms with E-state index in [1.807, 2.05) is 0 Å². The van der Waals surface area contributed by atoms with Crippen LogP contribution >= 0.6 is 24.0 Å². The van der Waals surface area contributed by atoms with E-state index in [1.165, 1.54) is 22.9 Å². The first-order chi connectivity index (χ1) is 10.9. The molecule has 1 saturated heterocycles. The van der Waals surface area contributed by atoms with Gasteiger partial charge >= 0.3 is 0 Å². The van der Waals surface area contributed by atoms with E-state index in [1.54, 1.807) is 7.05 Å². The molecule has 0 saturated carbocycles. The zero-order valence-electron chi connectivity index (χ0n) is 13.5. The number of aromatic nitrogens is 1. The van der Waals surface area contributed by atoms with E-state index in [0.717, 1.165) is 38.5 Å². The summed E-state index contributed by atoms with van der Waals surface area (Å²) in [6.45, 7) is 2.57. The van der Waals surface area contributed by atoms with Gasteiger partial charge in [0.1, 0.15) is 0 Å². The molecule has 0 aliphatic carbocycles. The van der Waals surface area contributed by atoms with Gasteiger partial charge in [0.15, 0.2) is 5.96 Å². The largest absolute Gasteiger partial charge is 0.376 e. The monoisotopic (exact) mass is 428 g/mol. The van der Waals surface area contributed by atoms with Crippen molar-refractivity contribution in [1.29, 1.82) is 0 Å². The van der Waals surface area contributed by atoms with Gasteiger partial charge in [-0.2, -0.15) is 0 Å². The van der Waals surface area contributed by atoms with Crippen LogP contribution in [0, 0.1) is 0 Å². The van der Waals surface area contributed by atoms with Crippen molar-refractivity contribution in [3.63, 3.8) is 0 Å². The molecule has 2 heterocycles. The van der Waals surface area contributed by atoms with Gasteiger partial charge in [0, 0.05) is 43.8 Å². The predicted molar refractivity (Wildman–Crippen MR) is 106 cm³/mol. The van der Waals surface area contributed by atoms with Gasteiger partial charge in [0.25, 0.3) is 0 Å². The van der Waals surface area contributed by atoms with Crippen LogP contribution in [0.5, 0.6) is 0 Å². The maximum atomic E-state index is 5.61. The van der Waals surface area contributed by atoms with Crippen molar-refractivity contribution in [1.82, 2.24) is 15.6 Å². The van der Waals surface area contributed by atoms with Gasteiger partial charge in [-0.15, -0.1) is 24.0 Å². The zero-order valence-corrected chi connectivity index (χ0v) is 15.8. The molecule has 126 valence electrons. The lowest BCUT2D eigenvalue weighted by molar-refractivity contribution is 0.114. The number of aliphatic imine (C=N–C) groups is 1. The lowest BCUT2D eigenvalue weighted by Crippen LogP contribution is -2.41. The van der Waals surface area contributed by atoms with Gasteiger partial charge < -0.3 is 20.4 Å². The van der Waals surface area contributed by atoms with Gasteiger partial charge in [-0.1, -0.05) is 18.2 Å². The molecular weight excluding hydrogens is 403 g/mol. The van der Waals surface area contributed by atoms with Gasteiger partial charge in [0.2, 0.25) is 0 Å². The van der Waals surface area contributed by atoms with Crippen LogP contribution < -0.4 is 10.6 Å². The molecule has 1 aromatic carbocycles. The Hall–Kier alpha value is -1.28. The van der Waals surface area contributed by atoms with Crippen molar-refractivity contribution in [2.45, 2.75) is 25.4 Å². The smallest absolute Gasteiger partial charge is 0.191 e. The van der Waals surface area contributed by atoms with E-state index in [4.69, 9.17) is 4.74 Å². The van der Waals surface area contributed by atoms with Crippen LogP contribution in [0.4, 0.5) is 0 Å². The standard InChI is InChI=1S/C17H24N4O.HI/c1-18-17(21-12-14-5-4-10-22-14)19-9-8-13-11-20-16-7-3-2-6-15(13)16;/h2-3,6-7,11,14,20H,4-5,8-10,12H2,1H3,(H2,18,19,21);1H. The highest BCUT2D eigenvalue weighted by molar-refractivity contribution is 14.0. The number of nitrogens with one attached hydrogen (secondary N) is 3. The number of guanidine groups is 1. The third-order valence-electron chi connectivity index (χ3n) is 4.11. The molecule has 5 nitrogen and oxygen atoms in total. The SMILES string of the molecule is CN=C(NCCc1c[nH]c2ccccc12)NCC1CCCO1.I. The molecular formula is C17H25IN4O. The molecule has 23 heavy (non-hydrogen) atoms. The van der Waals surface area contributed by atoms with Crippen molar-refractivity contribution in [3.8, 4) is 0 Å². The van der Waals surface area contributed by atoms with Crippen LogP contribution in [-0.4, -0.2) is 43.8 Å². The molecule has 1 unspecified atom stereocenters. The summed E-state index contributed by atoms with van der Waals surface area (Å²) in [6.07, 6.45) is 5.69. The van der Waals surface area contributed by atoms with E-state index >= 15 is 0 Å². The fourth-order valence-electron chi connectivity index (χ4n) is 2.89. The normalized spacial score (nSPS) is 18.0. The predicted octanol–water partition coefficient (Wildman–Crippen LogP) is 2.67. The van der Waals surface area contributed by atoms with E-state index in [-0.39, 0.29) is 24.0 Å². The number of para-hydroxylation sites is 1. The highest BCUT2D eigenvalue weighted by Gasteiger charge is 2.15. The molecule has 0 radical (unpaired) electrons. The average Bonchev–Trinajstić information content (AvgIpc) is 3.20. The Morgan fingerprint density at radius 3 is 3.00 bits per heavy atom. The number of hydrogen-bond acceptors (Lipinski definition) is 2. The average molecular weight is 428 g/mol. The molecule has 0 bridgehead atoms. The maximum absolute atomic E-state index is 5.61. The Morgan fingerprint density at radius 1 is 1.35 bits per heavy atom. The molecule has 6 heteroatoms. The van der Waals surface area contributed by atoms with Crippen LogP contribution in [0.3, 0.4) is 0 Å². The number of rotatable bonds is 5. The number of hydrogen-bond donors (Lipinski definition) is 3. The third kappa shape index (κ3) is 4.84. The van der Waals surface area contributed by atoms with E-state index in [9.17, 15) is 0 Å². The van der Waals surface area contributed by atoms with E-state index < -0.39 is 0 Å². The minimum Gasteiger partial charge on any atom is -0.376 e. The number of H-pyrrole nitrogens is 1. The molecule has 2 aromatic rings. The topological polar surface area (TPSA) is 61.4 Å². The van der Waals surface area contributed by atoms with Crippen LogP contribution in [-0.2, 0) is 11.2 Å². The summed E-state index contributed by atoms with van der Waals surface area (Å²) in [5.74, 6) is 0.843. The lowest BCUT2D eigenvalue weighted by atomic mass is 10.1. The molecule has 1 fully saturated rings. The fourth-order valence-corrected chi connectivity index (χ4v) is 2.89. The Balaban J connectivity index is 0.00000192. The van der Waals surface area contributed by atoms with Crippen molar-refractivity contribution in [2.75, 3.05) is 26.7 Å². The summed E-state index contributed by atoms with van der Waals surface area (Å²) >= 11 is 0. The number of aromatic amines is 1. The van der Waals surface area contributed by atoms with Gasteiger partial charge in [-0.3, -0.25) is 4.99 Å². The van der Waals surface area contributed by atoms with Crippen LogP contribution in [0.25, 0.3) is 10.9 Å². The second-order valence-electron chi connectivity index (χ2n) is 5.62. The number of fused-ring (bicyclic) bond motifs is 1. The molecule has 0 spiro atoms. The summed E-state index contributed by atoms with van der Waals surface area (Å²) in [4.78, 5) is 7.57. The number of halogens is 1. The maximum Gasteiger partial charge on any atom is 0.191 e. The number of benzene rings is 1. The Labute approximate surface area is 154 Å². The summed E-state index contributed by atoms with van der Waals surface area (Å²) in [5.41, 5.74) is 2.52. The second kappa shape index (κ2) is 9.12. The van der Waals surface area contributed by atoms with E-state index in [2.05, 4.69) is 51.1 Å². The molecule has 3 rings (SSSR count). The van der Waals surface area contributed by atoms with Crippen molar-refractivity contribution >= 4 is 40.8 Å². The van der Waals surface area contributed by atoms with Crippen LogP contribution in [0.15, 0.2) is 35.5 Å². The zero-order chi connectivity index (χ0) is 15.2. The highest BCUT2D eigenvalue weighted by atomic mass is 127. The lowest BCUT2D eigenvalue weighted by Gasteiger charge is -2.14. The Morgan fingerprint density at radius 2 is 2.22 bits per heavy atom. The molecule has 1 atom stereocenters. The number of nitrogens with zero attached hydrogens (tertiary/aromatic N) is 1. The Kier molecular flexibility index (Phi) is 7.16. The second-order valence-corrected chi connectivity index (χ2v) is 5.62. The van der Waals surface area contributed by atoms with Crippen molar-refractivity contribution in [3.05, 3.63) is 36.0 Å². The van der Waals surface area contributed by atoms with Crippen molar-refractivity contribution < 1.29 is 4.74 Å². The van der Waals surface area contributed by atoms with Crippen LogP contribution in [0.2, 0.25) is 0 Å². The molecule has 1 aromatic heterocycles. The molecule has 1 aliphatic rings. The number of ether oxygens (including phenoxy) is 1. The van der Waals surface area contributed by atoms with Crippen molar-refractivity contribution in [2.24, 2.45) is 4.99 Å². The molecule has 1 aliphatic heterocycles. The first-order valence-corrected chi connectivity index (χ1v) is 7.98. The fraction of sp³-hybridized carbons (Fsp3) is 0.471. The van der Waals surface area contributed by atoms with Crippen LogP contribution in [0.1, 0.15) is 18.4 Å². The Bertz CT molecular complexity index is 634. The summed E-state index contributed by atoms with van der Waals surface area (Å²) in [6, 6.07) is 8.40. The summed E-state index contributed by atoms with van der Waals surface area (Å²) in [5, 5.41) is 8.00. The van der Waals surface area contributed by atoms with Gasteiger partial charge in [-0.05, 0) is 30.9 Å². The van der Waals surface area contributed by atoms with E-state index in [0.29, 0.717) is 6.10 Å². The highest BCUT2D eigenvalue weighted by Crippen LogP contribution is 2.17. The minimum atomic E-state index is 0. The first-order valence-electron chi connectivity index (χ1n) is 7.98. The third-order valence-corrected chi connectivity index (χ3v) is 4.11. The van der Waals surface area contributed by atoms with Gasteiger partial charge in [-0.25, -0.2) is 0 Å². The molecule has 0 amide bonds. The first kappa shape index (κ1) is 18.1. The van der Waals surface area contributed by atoms with Gasteiger partial charge in [0.05, 0.1) is 6.10 Å². The minimum absolute atomic E-state index is 0. The molecule has 3 N–H and O–H groups in total. The quantitative estimate of drug-likeness (QED) is 0.390. The summed E-state index contributed by atoms with van der Waals surface area (Å²) in [7, 11) is 1.80.